The molecule has 2 heteroatoms. The van der Waals surface area contributed by atoms with Gasteiger partial charge in [0.1, 0.15) is 7.11 Å². The zero-order chi connectivity index (χ0) is 9.19. The molecular formula is C10H19NO. The highest BCUT2D eigenvalue weighted by atomic mass is 16.6. The van der Waals surface area contributed by atoms with E-state index in [0.717, 1.165) is 18.8 Å². The van der Waals surface area contributed by atoms with Gasteiger partial charge in [0.2, 0.25) is 0 Å². The van der Waals surface area contributed by atoms with E-state index in [0.29, 0.717) is 5.41 Å². The zero-order valence-corrected chi connectivity index (χ0v) is 8.55. The Kier molecular flexibility index (Phi) is 2.76. The van der Waals surface area contributed by atoms with Crippen LogP contribution in [0, 0.1) is 11.3 Å². The van der Waals surface area contributed by atoms with Crippen molar-refractivity contribution in [1.29, 1.82) is 0 Å². The minimum absolute atomic E-state index is 0.479. The van der Waals surface area contributed by atoms with E-state index in [1.165, 1.54) is 12.1 Å². The van der Waals surface area contributed by atoms with E-state index in [1.807, 2.05) is 0 Å². The Bertz CT molecular complexity index is 184. The molecule has 1 atom stereocenters. The maximum atomic E-state index is 4.79. The molecule has 12 heavy (non-hydrogen) atoms. The molecular weight excluding hydrogens is 150 g/mol. The van der Waals surface area contributed by atoms with Crippen LogP contribution in [0.3, 0.4) is 0 Å². The fraction of sp³-hybridized carbons (Fsp3) is 0.900. The zero-order valence-electron chi connectivity index (χ0n) is 8.55. The molecule has 70 valence electrons. The highest BCUT2D eigenvalue weighted by Crippen LogP contribution is 2.38. The van der Waals surface area contributed by atoms with E-state index in [9.17, 15) is 0 Å². The lowest BCUT2D eigenvalue weighted by Crippen LogP contribution is -2.30. The van der Waals surface area contributed by atoms with Crippen molar-refractivity contribution in [3.63, 3.8) is 0 Å². The Balaban J connectivity index is 2.58. The first-order valence-electron chi connectivity index (χ1n) is 4.65. The van der Waals surface area contributed by atoms with Gasteiger partial charge >= 0.3 is 0 Å². The van der Waals surface area contributed by atoms with Gasteiger partial charge in [0.25, 0.3) is 0 Å². The van der Waals surface area contributed by atoms with Gasteiger partial charge in [0.15, 0.2) is 0 Å². The third-order valence-electron chi connectivity index (χ3n) is 3.15. The molecule has 0 spiro atoms. The van der Waals surface area contributed by atoms with Gasteiger partial charge in [-0.2, -0.15) is 0 Å². The van der Waals surface area contributed by atoms with Crippen LogP contribution in [0.2, 0.25) is 0 Å². The van der Waals surface area contributed by atoms with Crippen molar-refractivity contribution in [2.24, 2.45) is 16.5 Å². The van der Waals surface area contributed by atoms with Gasteiger partial charge in [-0.15, -0.1) is 0 Å². The first-order chi connectivity index (χ1) is 5.56. The molecule has 2 nitrogen and oxygen atoms in total. The Morgan fingerprint density at radius 3 is 2.67 bits per heavy atom. The minimum Gasteiger partial charge on any atom is -0.399 e. The predicted octanol–water partition coefficient (Wildman–Crippen LogP) is 2.84. The molecule has 0 aliphatic heterocycles. The summed E-state index contributed by atoms with van der Waals surface area (Å²) >= 11 is 0. The second-order valence-electron chi connectivity index (χ2n) is 4.43. The van der Waals surface area contributed by atoms with Gasteiger partial charge in [0, 0.05) is 0 Å². The fourth-order valence-corrected chi connectivity index (χ4v) is 1.66. The van der Waals surface area contributed by atoms with Crippen molar-refractivity contribution < 1.29 is 4.84 Å². The summed E-state index contributed by atoms with van der Waals surface area (Å²) in [5, 5.41) is 4.02. The highest BCUT2D eigenvalue weighted by Gasteiger charge is 2.31. The molecule has 0 radical (unpaired) electrons. The van der Waals surface area contributed by atoms with Crippen LogP contribution in [0.25, 0.3) is 0 Å². The predicted molar refractivity (Wildman–Crippen MR) is 51.2 cm³/mol. The molecule has 0 aromatic rings. The lowest BCUT2D eigenvalue weighted by Gasteiger charge is -2.36. The summed E-state index contributed by atoms with van der Waals surface area (Å²) in [5.41, 5.74) is 1.71. The van der Waals surface area contributed by atoms with E-state index in [4.69, 9.17) is 4.84 Å². The van der Waals surface area contributed by atoms with Crippen molar-refractivity contribution >= 4 is 5.71 Å². The topological polar surface area (TPSA) is 21.6 Å². The molecule has 0 aromatic carbocycles. The van der Waals surface area contributed by atoms with Gasteiger partial charge in [-0.3, -0.25) is 0 Å². The molecule has 1 aliphatic carbocycles. The summed E-state index contributed by atoms with van der Waals surface area (Å²) in [7, 11) is 1.62. The number of nitrogens with zero attached hydrogens (tertiary/aromatic N) is 1. The summed E-state index contributed by atoms with van der Waals surface area (Å²) in [6, 6.07) is 0. The van der Waals surface area contributed by atoms with Crippen LogP contribution in [-0.4, -0.2) is 12.8 Å². The summed E-state index contributed by atoms with van der Waals surface area (Å²) in [6.07, 6.45) is 3.43. The van der Waals surface area contributed by atoms with Crippen molar-refractivity contribution in [3.8, 4) is 0 Å². The Labute approximate surface area is 75.0 Å². The molecule has 1 saturated carbocycles. The molecule has 0 N–H and O–H groups in total. The maximum Gasteiger partial charge on any atom is 0.106 e. The van der Waals surface area contributed by atoms with E-state index < -0.39 is 0 Å². The van der Waals surface area contributed by atoms with Gasteiger partial charge in [-0.25, -0.2) is 0 Å². The first-order valence-corrected chi connectivity index (χ1v) is 4.65. The lowest BCUT2D eigenvalue weighted by atomic mass is 9.69. The lowest BCUT2D eigenvalue weighted by molar-refractivity contribution is 0.183. The van der Waals surface area contributed by atoms with E-state index >= 15 is 0 Å². The third kappa shape index (κ3) is 1.99. The summed E-state index contributed by atoms with van der Waals surface area (Å²) < 4.78 is 0. The summed E-state index contributed by atoms with van der Waals surface area (Å²) in [6.45, 7) is 6.97. The molecule has 0 bridgehead atoms. The van der Waals surface area contributed by atoms with Crippen molar-refractivity contribution in [1.82, 2.24) is 0 Å². The molecule has 1 rings (SSSR count). The molecule has 0 aromatic heterocycles. The quantitative estimate of drug-likeness (QED) is 0.553. The van der Waals surface area contributed by atoms with Gasteiger partial charge in [-0.05, 0) is 30.6 Å². The molecule has 0 heterocycles. The van der Waals surface area contributed by atoms with Crippen molar-refractivity contribution in [2.45, 2.75) is 40.0 Å². The molecule has 1 aliphatic rings. The second kappa shape index (κ2) is 3.46. The number of oxime groups is 1. The van der Waals surface area contributed by atoms with Crippen LogP contribution in [0.4, 0.5) is 0 Å². The number of hydrogen-bond acceptors (Lipinski definition) is 2. The van der Waals surface area contributed by atoms with Crippen LogP contribution in [0.1, 0.15) is 40.0 Å². The minimum atomic E-state index is 0.479. The van der Waals surface area contributed by atoms with Crippen molar-refractivity contribution in [3.05, 3.63) is 0 Å². The molecule has 0 unspecified atom stereocenters. The highest BCUT2D eigenvalue weighted by molar-refractivity contribution is 5.85. The van der Waals surface area contributed by atoms with Crippen LogP contribution in [0.5, 0.6) is 0 Å². The average molecular weight is 169 g/mol. The third-order valence-corrected chi connectivity index (χ3v) is 3.15. The average Bonchev–Trinajstić information content (AvgIpc) is 1.98. The molecule has 1 fully saturated rings. The maximum absolute atomic E-state index is 4.79. The molecule has 0 amide bonds. The van der Waals surface area contributed by atoms with Crippen molar-refractivity contribution in [2.75, 3.05) is 7.11 Å². The van der Waals surface area contributed by atoms with Crippen LogP contribution in [0.15, 0.2) is 5.16 Å². The molecule has 0 saturated heterocycles. The first kappa shape index (κ1) is 9.56. The Morgan fingerprint density at radius 1 is 1.50 bits per heavy atom. The van der Waals surface area contributed by atoms with E-state index in [2.05, 4.69) is 25.9 Å². The summed E-state index contributed by atoms with van der Waals surface area (Å²) in [5.74, 6) is 0.722. The van der Waals surface area contributed by atoms with Gasteiger partial charge in [0.05, 0.1) is 5.71 Å². The summed E-state index contributed by atoms with van der Waals surface area (Å²) in [4.78, 5) is 4.79. The Hall–Kier alpha value is -0.530. The smallest absolute Gasteiger partial charge is 0.106 e. The normalized spacial score (nSPS) is 32.0. The van der Waals surface area contributed by atoms with Crippen LogP contribution in [-0.2, 0) is 4.84 Å². The second-order valence-corrected chi connectivity index (χ2v) is 4.43. The van der Waals surface area contributed by atoms with Crippen LogP contribution < -0.4 is 0 Å². The fourth-order valence-electron chi connectivity index (χ4n) is 1.66. The van der Waals surface area contributed by atoms with E-state index in [1.54, 1.807) is 7.11 Å². The van der Waals surface area contributed by atoms with Gasteiger partial charge in [-0.1, -0.05) is 25.9 Å². The number of rotatable bonds is 1. The monoisotopic (exact) mass is 169 g/mol. The SMILES string of the molecule is CON=C1CCC(C)(C)[C@@H](C)C1. The largest absolute Gasteiger partial charge is 0.399 e. The standard InChI is InChI=1S/C10H19NO/c1-8-7-9(11-12-4)5-6-10(8,2)3/h8H,5-7H2,1-4H3/t8-/m0/s1. The number of hydrogen-bond donors (Lipinski definition) is 0. The van der Waals surface area contributed by atoms with Gasteiger partial charge < -0.3 is 4.84 Å². The van der Waals surface area contributed by atoms with Crippen LogP contribution >= 0.6 is 0 Å². The Morgan fingerprint density at radius 2 is 2.17 bits per heavy atom. The van der Waals surface area contributed by atoms with E-state index in [-0.39, 0.29) is 0 Å².